The van der Waals surface area contributed by atoms with Crippen molar-refractivity contribution < 1.29 is 9.59 Å². The Hall–Kier alpha value is -4.85. The lowest BCUT2D eigenvalue weighted by Crippen LogP contribution is -2.40. The third-order valence-corrected chi connectivity index (χ3v) is 5.00. The van der Waals surface area contributed by atoms with Gasteiger partial charge >= 0.3 is 0 Å². The fourth-order valence-electron chi connectivity index (χ4n) is 3.34. The molecule has 0 radical (unpaired) electrons. The van der Waals surface area contributed by atoms with Gasteiger partial charge in [-0.3, -0.25) is 14.4 Å². The summed E-state index contributed by atoms with van der Waals surface area (Å²) in [5.74, 6) is -1.08. The van der Waals surface area contributed by atoms with Crippen LogP contribution in [-0.2, 0) is 4.79 Å². The second-order valence-electron chi connectivity index (χ2n) is 7.28. The molecule has 4 aromatic rings. The normalized spacial score (nSPS) is 12.1. The minimum Gasteiger partial charge on any atom is -0.335 e. The number of hydrogen-bond donors (Lipinski definition) is 3. The molecule has 4 rings (SSSR count). The van der Waals surface area contributed by atoms with Crippen LogP contribution < -0.4 is 16.3 Å². The standard InChI is InChI=1S/C26H21N5O3/c32-24(19-13-5-2-6-14-19)28-23(22-20-15-7-8-16-21(20)25(33)31-29-22)26(34)30-27-17-9-12-18-10-3-1-4-11-18/h1-17,23H,(H,28,32)(H,30,34)(H,31,33)/b12-9+,27-17+. The van der Waals surface area contributed by atoms with Crippen LogP contribution in [0.15, 0.2) is 101 Å². The van der Waals surface area contributed by atoms with Crippen molar-refractivity contribution in [2.75, 3.05) is 0 Å². The smallest absolute Gasteiger partial charge is 0.272 e. The first-order chi connectivity index (χ1) is 16.6. The highest BCUT2D eigenvalue weighted by atomic mass is 16.2. The molecule has 168 valence electrons. The Balaban J connectivity index is 1.60. The summed E-state index contributed by atoms with van der Waals surface area (Å²) >= 11 is 0. The molecule has 0 aliphatic heterocycles. The number of amides is 2. The van der Waals surface area contributed by atoms with Gasteiger partial charge in [0, 0.05) is 17.2 Å². The van der Waals surface area contributed by atoms with Gasteiger partial charge in [-0.15, -0.1) is 0 Å². The Morgan fingerprint density at radius 3 is 2.26 bits per heavy atom. The zero-order valence-electron chi connectivity index (χ0n) is 18.0. The molecule has 1 aromatic heterocycles. The number of fused-ring (bicyclic) bond motifs is 1. The molecule has 3 aromatic carbocycles. The maximum absolute atomic E-state index is 13.1. The summed E-state index contributed by atoms with van der Waals surface area (Å²) in [5.41, 5.74) is 3.61. The molecule has 1 heterocycles. The first-order valence-electron chi connectivity index (χ1n) is 10.5. The van der Waals surface area contributed by atoms with E-state index in [2.05, 4.69) is 26.0 Å². The van der Waals surface area contributed by atoms with E-state index < -0.39 is 23.4 Å². The molecule has 8 nitrogen and oxygen atoms in total. The molecule has 1 unspecified atom stereocenters. The summed E-state index contributed by atoms with van der Waals surface area (Å²) in [6.45, 7) is 0. The Labute approximate surface area is 195 Å². The zero-order chi connectivity index (χ0) is 23.8. The van der Waals surface area contributed by atoms with Gasteiger partial charge < -0.3 is 5.32 Å². The number of allylic oxidation sites excluding steroid dienone is 1. The van der Waals surface area contributed by atoms with Crippen LogP contribution in [0.3, 0.4) is 0 Å². The molecule has 0 saturated carbocycles. The van der Waals surface area contributed by atoms with Crippen molar-refractivity contribution in [2.45, 2.75) is 6.04 Å². The molecule has 8 heteroatoms. The summed E-state index contributed by atoms with van der Waals surface area (Å²) in [7, 11) is 0. The van der Waals surface area contributed by atoms with Crippen LogP contribution in [0.5, 0.6) is 0 Å². The monoisotopic (exact) mass is 451 g/mol. The van der Waals surface area contributed by atoms with Gasteiger partial charge in [0.2, 0.25) is 0 Å². The number of H-pyrrole nitrogens is 1. The fraction of sp³-hybridized carbons (Fsp3) is 0.0385. The molecule has 0 aliphatic carbocycles. The number of nitrogens with zero attached hydrogens (tertiary/aromatic N) is 2. The highest BCUT2D eigenvalue weighted by molar-refractivity contribution is 5.99. The van der Waals surface area contributed by atoms with Gasteiger partial charge in [0.1, 0.15) is 5.69 Å². The highest BCUT2D eigenvalue weighted by Crippen LogP contribution is 2.20. The topological polar surface area (TPSA) is 116 Å². The predicted molar refractivity (Wildman–Crippen MR) is 131 cm³/mol. The van der Waals surface area contributed by atoms with Crippen molar-refractivity contribution in [3.05, 3.63) is 118 Å². The first kappa shape index (κ1) is 22.3. The molecule has 0 spiro atoms. The zero-order valence-corrected chi connectivity index (χ0v) is 18.0. The summed E-state index contributed by atoms with van der Waals surface area (Å²) < 4.78 is 0. The third kappa shape index (κ3) is 5.31. The molecular formula is C26H21N5O3. The number of aromatic amines is 1. The van der Waals surface area contributed by atoms with Gasteiger partial charge in [-0.1, -0.05) is 72.8 Å². The summed E-state index contributed by atoms with van der Waals surface area (Å²) in [5, 5.41) is 13.9. The van der Waals surface area contributed by atoms with Crippen molar-refractivity contribution in [1.29, 1.82) is 0 Å². The minimum absolute atomic E-state index is 0.201. The first-order valence-corrected chi connectivity index (χ1v) is 10.5. The second kappa shape index (κ2) is 10.6. The van der Waals surface area contributed by atoms with Gasteiger partial charge in [-0.25, -0.2) is 10.5 Å². The van der Waals surface area contributed by atoms with Crippen LogP contribution in [-0.4, -0.2) is 28.2 Å². The summed E-state index contributed by atoms with van der Waals surface area (Å²) in [4.78, 5) is 38.1. The number of carbonyl (C=O) groups is 2. The average Bonchev–Trinajstić information content (AvgIpc) is 2.88. The van der Waals surface area contributed by atoms with E-state index in [1.807, 2.05) is 36.4 Å². The summed E-state index contributed by atoms with van der Waals surface area (Å²) in [6, 6.07) is 23.7. The van der Waals surface area contributed by atoms with Gasteiger partial charge in [0.25, 0.3) is 17.4 Å². The molecule has 3 N–H and O–H groups in total. The van der Waals surface area contributed by atoms with Crippen LogP contribution in [0.1, 0.15) is 27.7 Å². The average molecular weight is 451 g/mol. The Kier molecular flexibility index (Phi) is 7.00. The molecule has 0 fully saturated rings. The minimum atomic E-state index is -1.20. The number of hydrogen-bond acceptors (Lipinski definition) is 5. The number of nitrogens with one attached hydrogen (secondary N) is 3. The lowest BCUT2D eigenvalue weighted by atomic mass is 10.0. The molecule has 2 amide bonds. The van der Waals surface area contributed by atoms with E-state index in [1.54, 1.807) is 60.7 Å². The van der Waals surface area contributed by atoms with Gasteiger partial charge in [-0.05, 0) is 29.8 Å². The molecular weight excluding hydrogens is 430 g/mol. The molecule has 1 atom stereocenters. The van der Waals surface area contributed by atoms with E-state index >= 15 is 0 Å². The largest absolute Gasteiger partial charge is 0.335 e. The quantitative estimate of drug-likeness (QED) is 0.295. The SMILES string of the molecule is O=C(NC(C(=O)N/N=C/C=C/c1ccccc1)c1n[nH]c(=O)c2ccccc12)c1ccccc1. The van der Waals surface area contributed by atoms with Crippen LogP contribution in [0, 0.1) is 0 Å². The van der Waals surface area contributed by atoms with E-state index in [-0.39, 0.29) is 5.69 Å². The molecule has 0 saturated heterocycles. The van der Waals surface area contributed by atoms with E-state index in [0.29, 0.717) is 16.3 Å². The third-order valence-electron chi connectivity index (χ3n) is 5.00. The highest BCUT2D eigenvalue weighted by Gasteiger charge is 2.27. The number of rotatable bonds is 7. The van der Waals surface area contributed by atoms with Crippen LogP contribution in [0.2, 0.25) is 0 Å². The molecule has 34 heavy (non-hydrogen) atoms. The van der Waals surface area contributed by atoms with Crippen LogP contribution in [0.4, 0.5) is 0 Å². The Bertz CT molecular complexity index is 1410. The second-order valence-corrected chi connectivity index (χ2v) is 7.28. The Morgan fingerprint density at radius 1 is 0.882 bits per heavy atom. The van der Waals surface area contributed by atoms with Gasteiger partial charge in [0.05, 0.1) is 5.39 Å². The predicted octanol–water partition coefficient (Wildman–Crippen LogP) is 3.21. The van der Waals surface area contributed by atoms with Crippen molar-refractivity contribution in [3.63, 3.8) is 0 Å². The number of aromatic nitrogens is 2. The maximum atomic E-state index is 13.1. The van der Waals surface area contributed by atoms with Gasteiger partial charge in [0.15, 0.2) is 6.04 Å². The number of benzene rings is 3. The number of carbonyl (C=O) groups excluding carboxylic acids is 2. The van der Waals surface area contributed by atoms with Crippen molar-refractivity contribution in [2.24, 2.45) is 5.10 Å². The maximum Gasteiger partial charge on any atom is 0.272 e. The fourth-order valence-corrected chi connectivity index (χ4v) is 3.34. The van der Waals surface area contributed by atoms with Gasteiger partial charge in [-0.2, -0.15) is 10.2 Å². The van der Waals surface area contributed by atoms with Crippen molar-refractivity contribution in [3.8, 4) is 0 Å². The van der Waals surface area contributed by atoms with Crippen molar-refractivity contribution >= 4 is 34.9 Å². The lowest BCUT2D eigenvalue weighted by molar-refractivity contribution is -0.123. The summed E-state index contributed by atoms with van der Waals surface area (Å²) in [6.07, 6.45) is 4.95. The van der Waals surface area contributed by atoms with E-state index in [0.717, 1.165) is 5.56 Å². The van der Waals surface area contributed by atoms with Crippen LogP contribution >= 0.6 is 0 Å². The Morgan fingerprint density at radius 2 is 1.53 bits per heavy atom. The lowest BCUT2D eigenvalue weighted by Gasteiger charge is -2.18. The van der Waals surface area contributed by atoms with Crippen molar-refractivity contribution in [1.82, 2.24) is 20.9 Å². The van der Waals surface area contributed by atoms with E-state index in [4.69, 9.17) is 0 Å². The molecule has 0 aliphatic rings. The molecule has 0 bridgehead atoms. The van der Waals surface area contributed by atoms with Crippen LogP contribution in [0.25, 0.3) is 16.8 Å². The number of hydrazone groups is 1. The van der Waals surface area contributed by atoms with E-state index in [9.17, 15) is 14.4 Å². The van der Waals surface area contributed by atoms with E-state index in [1.165, 1.54) is 6.21 Å².